The number of hydrogen-bond acceptors (Lipinski definition) is 7. The maximum absolute atomic E-state index is 12.8. The number of benzene rings is 3. The minimum absolute atomic E-state index is 0.0923. The predicted octanol–water partition coefficient (Wildman–Crippen LogP) is 10.5. The van der Waals surface area contributed by atoms with E-state index < -0.39 is 0 Å². The van der Waals surface area contributed by atoms with E-state index in [0.717, 1.165) is 70.5 Å². The third-order valence-corrected chi connectivity index (χ3v) is 10.9. The van der Waals surface area contributed by atoms with Gasteiger partial charge in [0, 0.05) is 0 Å². The summed E-state index contributed by atoms with van der Waals surface area (Å²) in [4.78, 5) is 37.6. The Hall–Kier alpha value is -4.13. The second kappa shape index (κ2) is 20.8. The zero-order valence-corrected chi connectivity index (χ0v) is 31.3. The minimum atomic E-state index is -0.151. The van der Waals surface area contributed by atoms with Gasteiger partial charge in [-0.25, -0.2) is 0 Å². The number of unbranched alkanes of at least 4 members (excludes halogenated alkanes) is 4. The van der Waals surface area contributed by atoms with E-state index in [0.29, 0.717) is 53.6 Å². The number of esters is 2. The van der Waals surface area contributed by atoms with Gasteiger partial charge in [0.05, 0.1) is 30.6 Å². The maximum Gasteiger partial charge on any atom is 0.314 e. The van der Waals surface area contributed by atoms with Crippen molar-refractivity contribution < 1.29 is 33.3 Å². The molecule has 2 aliphatic carbocycles. The molecule has 0 heterocycles. The van der Waals surface area contributed by atoms with Crippen molar-refractivity contribution in [3.63, 3.8) is 0 Å². The van der Waals surface area contributed by atoms with Crippen LogP contribution >= 0.6 is 0 Å². The fourth-order valence-corrected chi connectivity index (χ4v) is 7.40. The fourth-order valence-electron chi connectivity index (χ4n) is 7.40. The average Bonchev–Trinajstić information content (AvgIpc) is 3.18. The van der Waals surface area contributed by atoms with Crippen LogP contribution in [0.15, 0.2) is 66.7 Å². The van der Waals surface area contributed by atoms with Gasteiger partial charge in [-0.3, -0.25) is 14.4 Å². The van der Waals surface area contributed by atoms with Crippen molar-refractivity contribution in [1.82, 2.24) is 0 Å². The second-order valence-corrected chi connectivity index (χ2v) is 14.9. The molecule has 0 aliphatic heterocycles. The number of rotatable bonds is 19. The molecule has 0 amide bonds. The Morgan fingerprint density at radius 2 is 1.02 bits per heavy atom. The van der Waals surface area contributed by atoms with Gasteiger partial charge in [0.1, 0.15) is 23.0 Å². The molecule has 7 nitrogen and oxygen atoms in total. The molecule has 2 saturated carbocycles. The summed E-state index contributed by atoms with van der Waals surface area (Å²) in [5, 5.41) is 0. The van der Waals surface area contributed by atoms with Gasteiger partial charge in [-0.1, -0.05) is 63.8 Å². The molecule has 3 aromatic rings. The molecule has 0 unspecified atom stereocenters. The van der Waals surface area contributed by atoms with Crippen molar-refractivity contribution in [2.75, 3.05) is 13.2 Å². The maximum atomic E-state index is 12.8. The number of carbonyl (C=O) groups is 3. The highest BCUT2D eigenvalue weighted by Crippen LogP contribution is 2.33. The van der Waals surface area contributed by atoms with Gasteiger partial charge in [0.15, 0.2) is 6.29 Å². The Bertz CT molecular complexity index is 1530. The summed E-state index contributed by atoms with van der Waals surface area (Å²) in [5.74, 6) is 2.59. The molecule has 52 heavy (non-hydrogen) atoms. The third kappa shape index (κ3) is 12.2. The van der Waals surface area contributed by atoms with Gasteiger partial charge < -0.3 is 18.9 Å². The molecular weight excluding hydrogens is 652 g/mol. The fraction of sp³-hybridized carbons (Fsp3) is 0.533. The molecule has 7 heteroatoms. The molecular formula is C45H58O7. The van der Waals surface area contributed by atoms with Crippen LogP contribution in [0.4, 0.5) is 0 Å². The van der Waals surface area contributed by atoms with E-state index in [2.05, 4.69) is 38.1 Å². The lowest BCUT2D eigenvalue weighted by Crippen LogP contribution is -2.28. The predicted molar refractivity (Wildman–Crippen MR) is 204 cm³/mol. The van der Waals surface area contributed by atoms with Crippen molar-refractivity contribution in [3.8, 4) is 23.0 Å². The molecule has 280 valence electrons. The van der Waals surface area contributed by atoms with E-state index in [4.69, 9.17) is 18.9 Å². The molecule has 2 fully saturated rings. The standard InChI is InChI=1S/C45H58O7/c1-3-5-7-9-33-15-23-40(24-16-33)51-44(47)37-19-11-35(12-20-37)31-49-42-27-28-43(39(29-42)30-46)50-32-36-13-21-38(22-14-36)45(48)52-41-25-17-34(18-26-41)10-8-6-4-2/h15-18,23-30,35-38H,3-14,19-22,31-32H2,1-2H3. The van der Waals surface area contributed by atoms with Crippen LogP contribution in [-0.4, -0.2) is 31.4 Å². The molecule has 0 bridgehead atoms. The van der Waals surface area contributed by atoms with Crippen molar-refractivity contribution in [2.45, 2.75) is 117 Å². The van der Waals surface area contributed by atoms with E-state index >= 15 is 0 Å². The first-order valence-electron chi connectivity index (χ1n) is 19.9. The first-order chi connectivity index (χ1) is 25.4. The smallest absolute Gasteiger partial charge is 0.314 e. The molecule has 2 aliphatic rings. The Kier molecular flexibility index (Phi) is 15.6. The van der Waals surface area contributed by atoms with Crippen LogP contribution in [0.3, 0.4) is 0 Å². The largest absolute Gasteiger partial charge is 0.493 e. The molecule has 0 spiro atoms. The zero-order valence-electron chi connectivity index (χ0n) is 31.3. The normalized spacial score (nSPS) is 20.1. The van der Waals surface area contributed by atoms with Crippen LogP contribution in [0.1, 0.15) is 125 Å². The van der Waals surface area contributed by atoms with Gasteiger partial charge in [-0.15, -0.1) is 0 Å². The summed E-state index contributed by atoms with van der Waals surface area (Å²) in [6, 6.07) is 21.3. The number of ether oxygens (including phenoxy) is 4. The van der Waals surface area contributed by atoms with Crippen LogP contribution in [-0.2, 0) is 22.4 Å². The second-order valence-electron chi connectivity index (χ2n) is 14.9. The number of aldehydes is 1. The van der Waals surface area contributed by atoms with E-state index in [1.54, 1.807) is 6.07 Å². The lowest BCUT2D eigenvalue weighted by Gasteiger charge is -2.27. The lowest BCUT2D eigenvalue weighted by atomic mass is 9.82. The summed E-state index contributed by atoms with van der Waals surface area (Å²) in [6.45, 7) is 5.44. The molecule has 0 N–H and O–H groups in total. The van der Waals surface area contributed by atoms with E-state index in [9.17, 15) is 14.4 Å². The van der Waals surface area contributed by atoms with Crippen molar-refractivity contribution >= 4 is 18.2 Å². The number of carbonyl (C=O) groups excluding carboxylic acids is 3. The molecule has 5 rings (SSSR count). The topological polar surface area (TPSA) is 88.1 Å². The van der Waals surface area contributed by atoms with E-state index in [-0.39, 0.29) is 23.8 Å². The molecule has 0 radical (unpaired) electrons. The Balaban J connectivity index is 0.980. The van der Waals surface area contributed by atoms with E-state index in [1.807, 2.05) is 36.4 Å². The summed E-state index contributed by atoms with van der Waals surface area (Å²) in [7, 11) is 0. The van der Waals surface area contributed by atoms with Crippen LogP contribution in [0.2, 0.25) is 0 Å². The monoisotopic (exact) mass is 710 g/mol. The summed E-state index contributed by atoms with van der Waals surface area (Å²) < 4.78 is 23.6. The highest BCUT2D eigenvalue weighted by molar-refractivity contribution is 5.80. The third-order valence-electron chi connectivity index (χ3n) is 10.9. The van der Waals surface area contributed by atoms with Gasteiger partial charge >= 0.3 is 11.9 Å². The minimum Gasteiger partial charge on any atom is -0.493 e. The van der Waals surface area contributed by atoms with Crippen LogP contribution < -0.4 is 18.9 Å². The highest BCUT2D eigenvalue weighted by Gasteiger charge is 2.29. The zero-order chi connectivity index (χ0) is 36.5. The Morgan fingerprint density at radius 1 is 0.577 bits per heavy atom. The SMILES string of the molecule is CCCCCc1ccc(OC(=O)C2CCC(COc3ccc(OCC4CCC(C(=O)Oc5ccc(CCCCC)cc5)CC4)c(C=O)c3)CC2)cc1. The first-order valence-corrected chi connectivity index (χ1v) is 19.9. The quantitative estimate of drug-likeness (QED) is 0.0529. The number of aryl methyl sites for hydroxylation is 2. The van der Waals surface area contributed by atoms with Gasteiger partial charge in [0.2, 0.25) is 0 Å². The van der Waals surface area contributed by atoms with Crippen LogP contribution in [0, 0.1) is 23.7 Å². The van der Waals surface area contributed by atoms with Gasteiger partial charge in [0.25, 0.3) is 0 Å². The van der Waals surface area contributed by atoms with Gasteiger partial charge in [-0.2, -0.15) is 0 Å². The van der Waals surface area contributed by atoms with E-state index in [1.165, 1.54) is 49.7 Å². The first kappa shape index (κ1) is 39.1. The van der Waals surface area contributed by atoms with Gasteiger partial charge in [-0.05, 0) is 142 Å². The molecule has 0 saturated heterocycles. The summed E-state index contributed by atoms with van der Waals surface area (Å²) in [6.07, 6.45) is 16.8. The summed E-state index contributed by atoms with van der Waals surface area (Å²) >= 11 is 0. The Morgan fingerprint density at radius 3 is 1.46 bits per heavy atom. The lowest BCUT2D eigenvalue weighted by molar-refractivity contribution is -0.141. The Labute approximate surface area is 310 Å². The molecule has 0 aromatic heterocycles. The highest BCUT2D eigenvalue weighted by atomic mass is 16.5. The van der Waals surface area contributed by atoms with Crippen molar-refractivity contribution in [2.24, 2.45) is 23.7 Å². The van der Waals surface area contributed by atoms with Crippen molar-refractivity contribution in [1.29, 1.82) is 0 Å². The van der Waals surface area contributed by atoms with Crippen LogP contribution in [0.5, 0.6) is 23.0 Å². The van der Waals surface area contributed by atoms with Crippen molar-refractivity contribution in [3.05, 3.63) is 83.4 Å². The molecule has 3 aromatic carbocycles. The number of hydrogen-bond donors (Lipinski definition) is 0. The average molecular weight is 711 g/mol. The van der Waals surface area contributed by atoms with Crippen LogP contribution in [0.25, 0.3) is 0 Å². The molecule has 0 atom stereocenters. The summed E-state index contributed by atoms with van der Waals surface area (Å²) in [5.41, 5.74) is 3.02.